The summed E-state index contributed by atoms with van der Waals surface area (Å²) in [5, 5.41) is 0. The Bertz CT molecular complexity index is 28.6. The van der Waals surface area contributed by atoms with Crippen LogP contribution in [0.5, 0.6) is 0 Å². The Kier molecular flexibility index (Phi) is 61.4. The molecule has 0 heterocycles. The summed E-state index contributed by atoms with van der Waals surface area (Å²) in [6, 6.07) is 0. The molecule has 0 saturated heterocycles. The van der Waals surface area contributed by atoms with Gasteiger partial charge in [-0.1, -0.05) is 0 Å². The molecular formula is H2Cl2O2U. The van der Waals surface area contributed by atoms with Gasteiger partial charge in [0, 0.05) is 0 Å². The van der Waals surface area contributed by atoms with E-state index in [1.165, 1.54) is 0 Å². The molecule has 0 unspecified atom stereocenters. The summed E-state index contributed by atoms with van der Waals surface area (Å²) in [6.07, 6.45) is 0. The zero-order valence-corrected chi connectivity index (χ0v) is 7.93. The van der Waals surface area contributed by atoms with E-state index in [0.717, 1.165) is 0 Å². The van der Waals surface area contributed by atoms with Gasteiger partial charge in [-0.05, 0) is 0 Å². The van der Waals surface area contributed by atoms with Crippen LogP contribution in [0.25, 0.3) is 0 Å². The molecule has 0 bridgehead atoms. The molecule has 0 radical (unpaired) electrons. The number of halogens is 2. The van der Waals surface area contributed by atoms with Crippen molar-refractivity contribution in [3.05, 3.63) is 0 Å². The summed E-state index contributed by atoms with van der Waals surface area (Å²) in [4.78, 5) is 0. The van der Waals surface area contributed by atoms with E-state index in [1.807, 2.05) is 0 Å². The fourth-order valence-corrected chi connectivity index (χ4v) is 0. The van der Waals surface area contributed by atoms with Gasteiger partial charge in [0.2, 0.25) is 0 Å². The van der Waals surface area contributed by atoms with E-state index in [4.69, 9.17) is 4.47 Å². The van der Waals surface area contributed by atoms with E-state index >= 15 is 0 Å². The molecule has 0 amide bonds. The van der Waals surface area contributed by atoms with Crippen LogP contribution in [0.3, 0.4) is 0 Å². The van der Waals surface area contributed by atoms with Crippen LogP contribution in [0, 0.1) is 27.8 Å². The Morgan fingerprint density at radius 1 is 1.00 bits per heavy atom. The standard InChI is InChI=1S/2ClH.2O.U/h2*1H;;;. The summed E-state index contributed by atoms with van der Waals surface area (Å²) in [5.74, 6) is 0. The zero-order valence-electron chi connectivity index (χ0n) is 2.13. The minimum absolute atomic E-state index is 0. The van der Waals surface area contributed by atoms with Crippen LogP contribution < -0.4 is 0 Å². The molecular weight excluding hydrogens is 341 g/mol. The van der Waals surface area contributed by atoms with Crippen molar-refractivity contribution in [3.8, 4) is 0 Å². The van der Waals surface area contributed by atoms with Crippen molar-refractivity contribution in [1.29, 1.82) is 0 Å². The van der Waals surface area contributed by atoms with Crippen molar-refractivity contribution in [2.45, 2.75) is 0 Å². The molecule has 0 aromatic heterocycles. The molecule has 0 fully saturated rings. The number of rotatable bonds is 0. The van der Waals surface area contributed by atoms with Crippen LogP contribution in [0.2, 0.25) is 0 Å². The molecule has 0 saturated carbocycles. The average molecular weight is 343 g/mol. The van der Waals surface area contributed by atoms with E-state index < -0.39 is 27.8 Å². The van der Waals surface area contributed by atoms with Gasteiger partial charge in [0.1, 0.15) is 0 Å². The minimum atomic E-state index is -2.51. The van der Waals surface area contributed by atoms with E-state index in [2.05, 4.69) is 0 Å². The van der Waals surface area contributed by atoms with E-state index in [1.54, 1.807) is 0 Å². The first kappa shape index (κ1) is 16.3. The third-order valence-electron chi connectivity index (χ3n) is 0. The van der Waals surface area contributed by atoms with Gasteiger partial charge in [0.05, 0.1) is 0 Å². The summed E-state index contributed by atoms with van der Waals surface area (Å²) in [5.41, 5.74) is 0. The van der Waals surface area contributed by atoms with Gasteiger partial charge >= 0.3 is 32.3 Å². The van der Waals surface area contributed by atoms with Gasteiger partial charge in [-0.2, -0.15) is 0 Å². The maximum absolute atomic E-state index is 8.58. The van der Waals surface area contributed by atoms with Gasteiger partial charge in [-0.25, -0.2) is 0 Å². The van der Waals surface area contributed by atoms with Crippen LogP contribution in [0.15, 0.2) is 0 Å². The van der Waals surface area contributed by atoms with Crippen molar-refractivity contribution in [2.24, 2.45) is 0 Å². The monoisotopic (exact) mass is 342 g/mol. The Hall–Kier alpha value is 1.23. The van der Waals surface area contributed by atoms with Crippen molar-refractivity contribution in [2.75, 3.05) is 0 Å². The van der Waals surface area contributed by atoms with Gasteiger partial charge in [-0.3, -0.25) is 0 Å². The predicted octanol–water partition coefficient (Wildman–Crippen LogP) is 0.606. The summed E-state index contributed by atoms with van der Waals surface area (Å²) in [6.45, 7) is 0. The van der Waals surface area contributed by atoms with Crippen LogP contribution in [0.4, 0.5) is 0 Å². The fraction of sp³-hybridized carbons (Fsp3) is 0. The Balaban J connectivity index is -0.0000000200. The normalized spacial score (nSPS) is 1.60. The van der Waals surface area contributed by atoms with E-state index in [9.17, 15) is 0 Å². The first-order chi connectivity index (χ1) is 1.41. The van der Waals surface area contributed by atoms with Crippen molar-refractivity contribution in [1.82, 2.24) is 0 Å². The number of hydrogen-bond acceptors (Lipinski definition) is 2. The van der Waals surface area contributed by atoms with Crippen LogP contribution in [0.1, 0.15) is 0 Å². The molecule has 0 spiro atoms. The average Bonchev–Trinajstić information content (AvgIpc) is 0.918. The van der Waals surface area contributed by atoms with Crippen molar-refractivity contribution in [3.63, 3.8) is 0 Å². The third-order valence-corrected chi connectivity index (χ3v) is 0. The molecule has 0 rings (SSSR count). The molecule has 32 valence electrons. The topological polar surface area (TPSA) is 34.1 Å². The molecule has 0 aromatic carbocycles. The number of hydrogen-bond donors (Lipinski definition) is 0. The zero-order chi connectivity index (χ0) is 2.71. The SMILES string of the molecule is Cl.Cl.[O]=[U]=[O]. The van der Waals surface area contributed by atoms with Crippen LogP contribution >= 0.6 is 24.8 Å². The molecule has 0 N–H and O–H groups in total. The first-order valence-corrected chi connectivity index (χ1v) is 3.81. The van der Waals surface area contributed by atoms with Crippen molar-refractivity contribution < 1.29 is 32.3 Å². The van der Waals surface area contributed by atoms with Crippen LogP contribution in [-0.4, -0.2) is 0 Å². The van der Waals surface area contributed by atoms with Gasteiger partial charge in [-0.15, -0.1) is 24.8 Å². The quantitative estimate of drug-likeness (QED) is 0.646. The molecule has 0 aliphatic rings. The van der Waals surface area contributed by atoms with E-state index in [-0.39, 0.29) is 24.8 Å². The second-order valence-electron chi connectivity index (χ2n) is 0.0833. The van der Waals surface area contributed by atoms with Crippen LogP contribution in [-0.2, 0) is 4.47 Å². The molecule has 0 atom stereocenters. The molecule has 0 aliphatic carbocycles. The summed E-state index contributed by atoms with van der Waals surface area (Å²) >= 11 is -2.51. The first-order valence-electron chi connectivity index (χ1n) is 0.408. The van der Waals surface area contributed by atoms with Gasteiger partial charge in [0.25, 0.3) is 0 Å². The predicted molar refractivity (Wildman–Crippen MR) is 15.9 cm³/mol. The van der Waals surface area contributed by atoms with Gasteiger partial charge in [0.15, 0.2) is 0 Å². The Morgan fingerprint density at radius 2 is 1.00 bits per heavy atom. The summed E-state index contributed by atoms with van der Waals surface area (Å²) < 4.78 is 17.2. The maximum atomic E-state index is 8.58. The third kappa shape index (κ3) is 36.0. The Morgan fingerprint density at radius 3 is 1.00 bits per heavy atom. The van der Waals surface area contributed by atoms with Gasteiger partial charge < -0.3 is 0 Å². The Labute approximate surface area is 56.7 Å². The molecule has 2 nitrogen and oxygen atoms in total. The fourth-order valence-electron chi connectivity index (χ4n) is 0. The molecule has 0 aliphatic heterocycles. The summed E-state index contributed by atoms with van der Waals surface area (Å²) in [7, 11) is 0. The second-order valence-corrected chi connectivity index (χ2v) is 0.777. The second kappa shape index (κ2) is 18.8. The van der Waals surface area contributed by atoms with Crippen molar-refractivity contribution >= 4 is 24.8 Å². The molecule has 5 heteroatoms. The van der Waals surface area contributed by atoms with E-state index in [0.29, 0.717) is 0 Å². The molecule has 0 aromatic rings. The molecule has 5 heavy (non-hydrogen) atoms.